The van der Waals surface area contributed by atoms with Gasteiger partial charge in [0.05, 0.1) is 17.5 Å². The Bertz CT molecular complexity index is 714. The van der Waals surface area contributed by atoms with Gasteiger partial charge in [-0.25, -0.2) is 9.97 Å². The van der Waals surface area contributed by atoms with Gasteiger partial charge in [0.1, 0.15) is 17.9 Å². The summed E-state index contributed by atoms with van der Waals surface area (Å²) in [5.41, 5.74) is 1.78. The van der Waals surface area contributed by atoms with Gasteiger partial charge in [-0.05, 0) is 19.1 Å². The molecule has 5 heteroatoms. The van der Waals surface area contributed by atoms with Gasteiger partial charge in [0.2, 0.25) is 0 Å². The molecule has 0 unspecified atom stereocenters. The van der Waals surface area contributed by atoms with Crippen LogP contribution in [0.15, 0.2) is 48.8 Å². The maximum Gasteiger partial charge on any atom is 0.134 e. The second-order valence-electron chi connectivity index (χ2n) is 4.22. The molecule has 0 saturated heterocycles. The van der Waals surface area contributed by atoms with Gasteiger partial charge >= 0.3 is 0 Å². The van der Waals surface area contributed by atoms with Crippen LogP contribution in [0.2, 0.25) is 0 Å². The summed E-state index contributed by atoms with van der Waals surface area (Å²) in [4.78, 5) is 8.62. The largest absolute Gasteiger partial charge is 0.493 e. The van der Waals surface area contributed by atoms with E-state index in [0.717, 1.165) is 28.2 Å². The van der Waals surface area contributed by atoms with E-state index in [1.165, 1.54) is 0 Å². The summed E-state index contributed by atoms with van der Waals surface area (Å²) in [6.45, 7) is 2.56. The number of nitrogens with zero attached hydrogens (tertiary/aromatic N) is 2. The zero-order chi connectivity index (χ0) is 13.8. The van der Waals surface area contributed by atoms with Crippen molar-refractivity contribution in [1.29, 1.82) is 0 Å². The van der Waals surface area contributed by atoms with E-state index in [9.17, 15) is 0 Å². The standard InChI is InChI=1S/C16H14N3O.Y/c1-2-20-14-10-6-9-13-15(14)16(18-11-17-13)19-12-7-4-3-5-8-12;/h3-4,6-11H,2H2,1H3,(H,17,18,19);/q-1;. The zero-order valence-corrected chi connectivity index (χ0v) is 14.5. The minimum Gasteiger partial charge on any atom is -0.493 e. The summed E-state index contributed by atoms with van der Waals surface area (Å²) in [6.07, 6.45) is 1.55. The van der Waals surface area contributed by atoms with Crippen LogP contribution in [-0.2, 0) is 32.7 Å². The van der Waals surface area contributed by atoms with Crippen LogP contribution in [-0.4, -0.2) is 16.6 Å². The molecule has 0 aliphatic carbocycles. The molecule has 0 aliphatic rings. The van der Waals surface area contributed by atoms with Gasteiger partial charge in [0.25, 0.3) is 0 Å². The van der Waals surface area contributed by atoms with Gasteiger partial charge in [-0.3, -0.25) is 0 Å². The third kappa shape index (κ3) is 3.57. The van der Waals surface area contributed by atoms with Crippen molar-refractivity contribution in [3.63, 3.8) is 0 Å². The van der Waals surface area contributed by atoms with Crippen molar-refractivity contribution in [1.82, 2.24) is 9.97 Å². The number of anilines is 2. The quantitative estimate of drug-likeness (QED) is 0.729. The molecule has 0 saturated carbocycles. The monoisotopic (exact) mass is 353 g/mol. The number of nitrogens with one attached hydrogen (secondary N) is 1. The molecule has 4 nitrogen and oxygen atoms in total. The number of aromatic nitrogens is 2. The summed E-state index contributed by atoms with van der Waals surface area (Å²) in [5.74, 6) is 1.52. The number of rotatable bonds is 4. The Morgan fingerprint density at radius 2 is 2.10 bits per heavy atom. The Morgan fingerprint density at radius 1 is 1.19 bits per heavy atom. The number of hydrogen-bond donors (Lipinski definition) is 1. The molecule has 1 N–H and O–H groups in total. The fourth-order valence-corrected chi connectivity index (χ4v) is 2.06. The minimum atomic E-state index is 0. The number of fused-ring (bicyclic) bond motifs is 1. The zero-order valence-electron chi connectivity index (χ0n) is 11.7. The average molecular weight is 353 g/mol. The maximum absolute atomic E-state index is 5.67. The summed E-state index contributed by atoms with van der Waals surface area (Å²) >= 11 is 0. The van der Waals surface area contributed by atoms with Crippen molar-refractivity contribution < 1.29 is 37.4 Å². The van der Waals surface area contributed by atoms with Crippen molar-refractivity contribution in [2.24, 2.45) is 0 Å². The van der Waals surface area contributed by atoms with Crippen LogP contribution in [0.25, 0.3) is 10.9 Å². The van der Waals surface area contributed by atoms with Crippen molar-refractivity contribution in [2.45, 2.75) is 6.92 Å². The molecule has 0 atom stereocenters. The topological polar surface area (TPSA) is 47.0 Å². The van der Waals surface area contributed by atoms with E-state index in [0.29, 0.717) is 6.61 Å². The van der Waals surface area contributed by atoms with Crippen LogP contribution in [0.5, 0.6) is 5.75 Å². The Labute approximate surface area is 148 Å². The molecule has 3 rings (SSSR count). The van der Waals surface area contributed by atoms with Crippen LogP contribution in [0.1, 0.15) is 6.92 Å². The van der Waals surface area contributed by atoms with Gasteiger partial charge < -0.3 is 10.1 Å². The predicted molar refractivity (Wildman–Crippen MR) is 79.3 cm³/mol. The smallest absolute Gasteiger partial charge is 0.134 e. The Morgan fingerprint density at radius 3 is 2.86 bits per heavy atom. The molecule has 0 aliphatic heterocycles. The second-order valence-corrected chi connectivity index (χ2v) is 4.22. The van der Waals surface area contributed by atoms with Gasteiger partial charge in [-0.1, -0.05) is 11.8 Å². The number of hydrogen-bond acceptors (Lipinski definition) is 4. The third-order valence-corrected chi connectivity index (χ3v) is 2.89. The van der Waals surface area contributed by atoms with Crippen LogP contribution in [0.3, 0.4) is 0 Å². The molecule has 3 aromatic rings. The van der Waals surface area contributed by atoms with Gasteiger partial charge in [-0.15, -0.1) is 6.07 Å². The van der Waals surface area contributed by atoms with E-state index in [-0.39, 0.29) is 32.7 Å². The van der Waals surface area contributed by atoms with Gasteiger partial charge in [0.15, 0.2) is 0 Å². The second kappa shape index (κ2) is 7.48. The normalized spacial score (nSPS) is 9.95. The first-order valence-corrected chi connectivity index (χ1v) is 6.48. The molecule has 103 valence electrons. The van der Waals surface area contributed by atoms with Crippen LogP contribution < -0.4 is 10.1 Å². The Hall–Kier alpha value is -1.52. The van der Waals surface area contributed by atoms with E-state index in [4.69, 9.17) is 4.74 Å². The van der Waals surface area contributed by atoms with Crippen LogP contribution in [0.4, 0.5) is 11.5 Å². The molecular formula is C16H14N3OY-. The third-order valence-electron chi connectivity index (χ3n) is 2.89. The number of ether oxygens (including phenoxy) is 1. The van der Waals surface area contributed by atoms with Gasteiger partial charge in [-0.2, -0.15) is 24.3 Å². The summed E-state index contributed by atoms with van der Waals surface area (Å²) < 4.78 is 5.67. The SMILES string of the molecule is CCOc1cccc2ncnc(Nc3c[c-]ccc3)c12.[Y]. The fourth-order valence-electron chi connectivity index (χ4n) is 2.06. The molecule has 2 aromatic carbocycles. The Kier molecular flexibility index (Phi) is 5.65. The van der Waals surface area contributed by atoms with Crippen molar-refractivity contribution in [3.8, 4) is 5.75 Å². The van der Waals surface area contributed by atoms with Crippen LogP contribution in [0, 0.1) is 6.07 Å². The molecule has 0 fully saturated rings. The van der Waals surface area contributed by atoms with E-state index < -0.39 is 0 Å². The minimum absolute atomic E-state index is 0. The number of benzene rings is 2. The Balaban J connectivity index is 0.00000161. The summed E-state index contributed by atoms with van der Waals surface area (Å²) in [6, 6.07) is 16.5. The van der Waals surface area contributed by atoms with E-state index in [1.54, 1.807) is 6.33 Å². The van der Waals surface area contributed by atoms with E-state index >= 15 is 0 Å². The molecule has 1 heterocycles. The first-order chi connectivity index (χ1) is 9.88. The average Bonchev–Trinajstić information content (AvgIpc) is 2.49. The van der Waals surface area contributed by atoms with Crippen molar-refractivity contribution in [2.75, 3.05) is 11.9 Å². The molecule has 1 radical (unpaired) electrons. The molecule has 1 aromatic heterocycles. The van der Waals surface area contributed by atoms with Crippen molar-refractivity contribution >= 4 is 22.4 Å². The molecule has 0 amide bonds. The molecule has 0 spiro atoms. The van der Waals surface area contributed by atoms with E-state index in [2.05, 4.69) is 21.4 Å². The predicted octanol–water partition coefficient (Wildman–Crippen LogP) is 3.57. The maximum atomic E-state index is 5.67. The fraction of sp³-hybridized carbons (Fsp3) is 0.125. The van der Waals surface area contributed by atoms with E-state index in [1.807, 2.05) is 49.4 Å². The van der Waals surface area contributed by atoms with Crippen molar-refractivity contribution in [3.05, 3.63) is 54.9 Å². The summed E-state index contributed by atoms with van der Waals surface area (Å²) in [7, 11) is 0. The first kappa shape index (κ1) is 15.9. The molecule has 21 heavy (non-hydrogen) atoms. The molecular weight excluding hydrogens is 339 g/mol. The first-order valence-electron chi connectivity index (χ1n) is 6.48. The van der Waals surface area contributed by atoms with Crippen LogP contribution >= 0.6 is 0 Å². The molecule has 0 bridgehead atoms. The summed E-state index contributed by atoms with van der Waals surface area (Å²) in [5, 5.41) is 4.17. The van der Waals surface area contributed by atoms with Gasteiger partial charge in [0, 0.05) is 32.7 Å².